The van der Waals surface area contributed by atoms with Gasteiger partial charge in [0, 0.05) is 17.0 Å². The monoisotopic (exact) mass is 472 g/mol. The summed E-state index contributed by atoms with van der Waals surface area (Å²) in [5, 5.41) is 15.1. The summed E-state index contributed by atoms with van der Waals surface area (Å²) in [5.74, 6) is 0.899. The molecule has 0 saturated carbocycles. The average Bonchev–Trinajstić information content (AvgIpc) is 3.32. The highest BCUT2D eigenvalue weighted by Crippen LogP contribution is 2.22. The van der Waals surface area contributed by atoms with Gasteiger partial charge in [0.15, 0.2) is 16.1 Å². The number of rotatable bonds is 10. The second-order valence-corrected chi connectivity index (χ2v) is 8.86. The first-order valence-electron chi connectivity index (χ1n) is 9.73. The van der Waals surface area contributed by atoms with E-state index in [1.165, 1.54) is 23.1 Å². The average molecular weight is 473 g/mol. The van der Waals surface area contributed by atoms with Gasteiger partial charge in [-0.3, -0.25) is 9.59 Å². The van der Waals surface area contributed by atoms with Gasteiger partial charge < -0.3 is 19.9 Å². The van der Waals surface area contributed by atoms with Crippen molar-refractivity contribution in [2.75, 3.05) is 18.2 Å². The van der Waals surface area contributed by atoms with E-state index in [1.807, 2.05) is 18.4 Å². The summed E-state index contributed by atoms with van der Waals surface area (Å²) in [5.41, 5.74) is 1.39. The molecule has 0 unspecified atom stereocenters. The van der Waals surface area contributed by atoms with Crippen molar-refractivity contribution in [2.24, 2.45) is 0 Å². The fourth-order valence-electron chi connectivity index (χ4n) is 2.71. The maximum absolute atomic E-state index is 12.5. The number of aryl methyl sites for hydroxylation is 2. The van der Waals surface area contributed by atoms with E-state index >= 15 is 0 Å². The maximum atomic E-state index is 12.5. The lowest BCUT2D eigenvalue weighted by atomic mass is 10.2. The Kier molecular flexibility index (Phi) is 8.01. The third-order valence-electron chi connectivity index (χ3n) is 4.45. The van der Waals surface area contributed by atoms with E-state index in [0.717, 1.165) is 10.6 Å². The molecule has 9 nitrogen and oxygen atoms in total. The van der Waals surface area contributed by atoms with Gasteiger partial charge in [-0.05, 0) is 32.0 Å². The molecular formula is C21H24N6O3S2. The molecule has 3 rings (SSSR count). The summed E-state index contributed by atoms with van der Waals surface area (Å²) < 4.78 is 6.97. The largest absolute Gasteiger partial charge is 0.497 e. The number of carbonyl (C=O) groups excluding carboxylic acids is 2. The zero-order valence-electron chi connectivity index (χ0n) is 18.0. The van der Waals surface area contributed by atoms with Gasteiger partial charge in [0.25, 0.3) is 5.91 Å². The number of hydrogen-bond acceptors (Lipinski definition) is 8. The van der Waals surface area contributed by atoms with Crippen LogP contribution in [0.1, 0.15) is 26.8 Å². The number of thiazole rings is 1. The minimum atomic E-state index is -0.250. The third kappa shape index (κ3) is 5.95. The molecule has 1 aromatic carbocycles. The summed E-state index contributed by atoms with van der Waals surface area (Å²) in [6, 6.07) is 6.89. The number of benzene rings is 1. The summed E-state index contributed by atoms with van der Waals surface area (Å²) in [4.78, 5) is 30.1. The lowest BCUT2D eigenvalue weighted by molar-refractivity contribution is -0.113. The number of nitrogens with zero attached hydrogens (tertiary/aromatic N) is 4. The summed E-state index contributed by atoms with van der Waals surface area (Å²) in [6.45, 7) is 8.27. The minimum Gasteiger partial charge on any atom is -0.497 e. The molecule has 0 saturated heterocycles. The lowest BCUT2D eigenvalue weighted by Gasteiger charge is -2.09. The molecule has 0 fully saturated rings. The van der Waals surface area contributed by atoms with Gasteiger partial charge in [0.2, 0.25) is 5.91 Å². The summed E-state index contributed by atoms with van der Waals surface area (Å²) in [6.07, 6.45) is 1.71. The first-order valence-corrected chi connectivity index (χ1v) is 11.5. The first kappa shape index (κ1) is 23.5. The Labute approximate surface area is 194 Å². The van der Waals surface area contributed by atoms with E-state index in [9.17, 15) is 9.59 Å². The highest BCUT2D eigenvalue weighted by Gasteiger charge is 2.16. The van der Waals surface area contributed by atoms with E-state index in [1.54, 1.807) is 37.5 Å². The van der Waals surface area contributed by atoms with Crippen molar-refractivity contribution in [2.45, 2.75) is 32.1 Å². The quantitative estimate of drug-likeness (QED) is 0.344. The molecule has 2 N–H and O–H groups in total. The molecule has 0 radical (unpaired) electrons. The Balaban J connectivity index is 1.61. The molecule has 0 spiro atoms. The summed E-state index contributed by atoms with van der Waals surface area (Å²) in [7, 11) is 1.55. The molecular weight excluding hydrogens is 448 g/mol. The number of nitrogens with one attached hydrogen (secondary N) is 2. The molecule has 0 aliphatic heterocycles. The van der Waals surface area contributed by atoms with Crippen molar-refractivity contribution in [3.63, 3.8) is 0 Å². The van der Waals surface area contributed by atoms with Gasteiger partial charge in [-0.2, -0.15) is 0 Å². The molecule has 0 bridgehead atoms. The van der Waals surface area contributed by atoms with Gasteiger partial charge in [-0.1, -0.05) is 23.9 Å². The fraction of sp³-hybridized carbons (Fsp3) is 0.286. The molecule has 168 valence electrons. The Hall–Kier alpha value is -3.18. The topological polar surface area (TPSA) is 111 Å². The van der Waals surface area contributed by atoms with E-state index in [-0.39, 0.29) is 24.1 Å². The second kappa shape index (κ2) is 10.9. The second-order valence-electron chi connectivity index (χ2n) is 6.71. The highest BCUT2D eigenvalue weighted by atomic mass is 32.2. The molecule has 11 heteroatoms. The van der Waals surface area contributed by atoms with Crippen LogP contribution in [-0.4, -0.2) is 44.4 Å². The van der Waals surface area contributed by atoms with Crippen LogP contribution in [0.25, 0.3) is 0 Å². The van der Waals surface area contributed by atoms with Gasteiger partial charge in [-0.25, -0.2) is 4.98 Å². The molecule has 0 aliphatic carbocycles. The number of amides is 2. The Bertz CT molecular complexity index is 1110. The predicted molar refractivity (Wildman–Crippen MR) is 125 cm³/mol. The SMILES string of the molecule is C=CCn1c(CNC(=O)c2cccc(OC)c2)nnc1SCC(=O)Nc1nc(C)c(C)s1. The summed E-state index contributed by atoms with van der Waals surface area (Å²) >= 11 is 2.70. The van der Waals surface area contributed by atoms with Crippen molar-refractivity contribution in [3.05, 3.63) is 58.9 Å². The van der Waals surface area contributed by atoms with Crippen LogP contribution in [-0.2, 0) is 17.9 Å². The number of hydrogen-bond donors (Lipinski definition) is 2. The van der Waals surface area contributed by atoms with Crippen LogP contribution >= 0.6 is 23.1 Å². The number of ether oxygens (including phenoxy) is 1. The highest BCUT2D eigenvalue weighted by molar-refractivity contribution is 7.99. The fourth-order valence-corrected chi connectivity index (χ4v) is 4.30. The Morgan fingerprint density at radius 3 is 2.81 bits per heavy atom. The van der Waals surface area contributed by atoms with E-state index < -0.39 is 0 Å². The van der Waals surface area contributed by atoms with Crippen molar-refractivity contribution in [3.8, 4) is 5.75 Å². The zero-order chi connectivity index (χ0) is 23.1. The molecule has 32 heavy (non-hydrogen) atoms. The Morgan fingerprint density at radius 2 is 2.12 bits per heavy atom. The van der Waals surface area contributed by atoms with E-state index in [0.29, 0.717) is 34.0 Å². The standard InChI is InChI=1S/C21H24N6O3S2/c1-5-9-27-17(11-22-19(29)15-7-6-8-16(10-15)30-4)25-26-21(27)31-12-18(28)24-20-23-13(2)14(3)32-20/h5-8,10H,1,9,11-12H2,2-4H3,(H,22,29)(H,23,24,28). The number of methoxy groups -OCH3 is 1. The van der Waals surface area contributed by atoms with E-state index in [4.69, 9.17) is 4.74 Å². The third-order valence-corrected chi connectivity index (χ3v) is 6.41. The molecule has 0 atom stereocenters. The van der Waals surface area contributed by atoms with Crippen molar-refractivity contribution >= 4 is 40.0 Å². The molecule has 2 heterocycles. The number of carbonyl (C=O) groups is 2. The molecule has 2 amide bonds. The van der Waals surface area contributed by atoms with Gasteiger partial charge in [0.05, 0.1) is 25.1 Å². The number of allylic oxidation sites excluding steroid dienone is 1. The van der Waals surface area contributed by atoms with Crippen LogP contribution in [0.3, 0.4) is 0 Å². The van der Waals surface area contributed by atoms with Crippen LogP contribution in [0.4, 0.5) is 5.13 Å². The van der Waals surface area contributed by atoms with Crippen LogP contribution in [0, 0.1) is 13.8 Å². The first-order chi connectivity index (χ1) is 15.4. The molecule has 0 aliphatic rings. The van der Waals surface area contributed by atoms with Crippen LogP contribution in [0.2, 0.25) is 0 Å². The predicted octanol–water partition coefficient (Wildman–Crippen LogP) is 3.21. The van der Waals surface area contributed by atoms with Crippen LogP contribution < -0.4 is 15.4 Å². The zero-order valence-corrected chi connectivity index (χ0v) is 19.7. The Morgan fingerprint density at radius 1 is 1.31 bits per heavy atom. The molecule has 2 aromatic heterocycles. The van der Waals surface area contributed by atoms with Crippen LogP contribution in [0.5, 0.6) is 5.75 Å². The molecule has 3 aromatic rings. The van der Waals surface area contributed by atoms with Crippen molar-refractivity contribution in [1.29, 1.82) is 0 Å². The van der Waals surface area contributed by atoms with Crippen molar-refractivity contribution < 1.29 is 14.3 Å². The maximum Gasteiger partial charge on any atom is 0.251 e. The van der Waals surface area contributed by atoms with Gasteiger partial charge in [-0.15, -0.1) is 28.1 Å². The van der Waals surface area contributed by atoms with Gasteiger partial charge in [0.1, 0.15) is 5.75 Å². The lowest BCUT2D eigenvalue weighted by Crippen LogP contribution is -2.25. The minimum absolute atomic E-state index is 0.156. The number of anilines is 1. The normalized spacial score (nSPS) is 10.6. The van der Waals surface area contributed by atoms with Gasteiger partial charge >= 0.3 is 0 Å². The number of aromatic nitrogens is 4. The number of thioether (sulfide) groups is 1. The van der Waals surface area contributed by atoms with E-state index in [2.05, 4.69) is 32.4 Å². The van der Waals surface area contributed by atoms with Crippen molar-refractivity contribution in [1.82, 2.24) is 25.1 Å². The smallest absolute Gasteiger partial charge is 0.251 e. The van der Waals surface area contributed by atoms with Crippen LogP contribution in [0.15, 0.2) is 42.1 Å².